The Morgan fingerprint density at radius 3 is 2.86 bits per heavy atom. The lowest BCUT2D eigenvalue weighted by Gasteiger charge is -1.97. The van der Waals surface area contributed by atoms with Gasteiger partial charge in [-0.15, -0.1) is 11.3 Å². The molecule has 0 saturated carbocycles. The van der Waals surface area contributed by atoms with Gasteiger partial charge in [0.05, 0.1) is 23.6 Å². The van der Waals surface area contributed by atoms with E-state index in [0.717, 1.165) is 43.9 Å². The average Bonchev–Trinajstić information content (AvgIpc) is 3.51. The first-order chi connectivity index (χ1) is 14.3. The highest BCUT2D eigenvalue weighted by atomic mass is 32.1. The SMILES string of the molecule is Fc1ccc(-c2ccnc3[nH]c(-c4n[nH]c5cnc(-c6cn[nH]c6)cc45)nc23)s1. The first-order valence-electron chi connectivity index (χ1n) is 8.70. The van der Waals surface area contributed by atoms with Crippen molar-refractivity contribution in [2.75, 3.05) is 0 Å². The second-order valence-corrected chi connectivity index (χ2v) is 7.45. The molecule has 140 valence electrons. The smallest absolute Gasteiger partial charge is 0.176 e. The third-order valence-corrected chi connectivity index (χ3v) is 5.60. The highest BCUT2D eigenvalue weighted by molar-refractivity contribution is 7.14. The number of nitrogens with one attached hydrogen (secondary N) is 3. The quantitative estimate of drug-likeness (QED) is 0.412. The number of fused-ring (bicyclic) bond motifs is 2. The van der Waals surface area contributed by atoms with Crippen molar-refractivity contribution in [2.45, 2.75) is 0 Å². The molecule has 0 aliphatic heterocycles. The fraction of sp³-hybridized carbons (Fsp3) is 0. The zero-order valence-corrected chi connectivity index (χ0v) is 15.5. The van der Waals surface area contributed by atoms with E-state index in [1.165, 1.54) is 6.07 Å². The minimum atomic E-state index is -0.238. The number of H-pyrrole nitrogens is 3. The molecular weight excluding hydrogens is 391 g/mol. The maximum Gasteiger partial charge on any atom is 0.176 e. The van der Waals surface area contributed by atoms with Crippen LogP contribution in [-0.2, 0) is 0 Å². The zero-order valence-electron chi connectivity index (χ0n) is 14.6. The third kappa shape index (κ3) is 2.53. The van der Waals surface area contributed by atoms with Crippen molar-refractivity contribution in [3.8, 4) is 33.2 Å². The van der Waals surface area contributed by atoms with Gasteiger partial charge in [0.1, 0.15) is 11.2 Å². The standard InChI is InChI=1S/C19H11FN8S/c20-15-2-1-14(29-15)10-3-4-21-18-16(10)25-19(26-18)17-11-5-12(9-6-23-24-7-9)22-8-13(11)27-28-17/h1-8H,(H,23,24)(H,27,28)(H,21,25,26). The Morgan fingerprint density at radius 1 is 1.07 bits per heavy atom. The van der Waals surface area contributed by atoms with Crippen molar-refractivity contribution in [1.29, 1.82) is 0 Å². The summed E-state index contributed by atoms with van der Waals surface area (Å²) in [5.41, 5.74) is 5.23. The fourth-order valence-electron chi connectivity index (χ4n) is 3.33. The van der Waals surface area contributed by atoms with Crippen LogP contribution in [0.15, 0.2) is 49.1 Å². The van der Waals surface area contributed by atoms with E-state index < -0.39 is 0 Å². The van der Waals surface area contributed by atoms with E-state index in [1.54, 1.807) is 30.9 Å². The maximum atomic E-state index is 13.5. The maximum absolute atomic E-state index is 13.5. The van der Waals surface area contributed by atoms with Crippen LogP contribution in [0, 0.1) is 5.13 Å². The van der Waals surface area contributed by atoms with Gasteiger partial charge in [0.2, 0.25) is 0 Å². The van der Waals surface area contributed by atoms with E-state index >= 15 is 0 Å². The van der Waals surface area contributed by atoms with Gasteiger partial charge < -0.3 is 4.98 Å². The molecule has 0 aliphatic carbocycles. The van der Waals surface area contributed by atoms with Crippen LogP contribution < -0.4 is 0 Å². The molecule has 8 nitrogen and oxygen atoms in total. The monoisotopic (exact) mass is 402 g/mol. The fourth-order valence-corrected chi connectivity index (χ4v) is 4.08. The van der Waals surface area contributed by atoms with Crippen molar-refractivity contribution in [3.63, 3.8) is 0 Å². The lowest BCUT2D eigenvalue weighted by Crippen LogP contribution is -1.84. The molecule has 0 aliphatic rings. The van der Waals surface area contributed by atoms with E-state index in [-0.39, 0.29) is 5.13 Å². The molecule has 29 heavy (non-hydrogen) atoms. The highest BCUT2D eigenvalue weighted by Gasteiger charge is 2.17. The molecule has 6 aromatic rings. The average molecular weight is 402 g/mol. The van der Waals surface area contributed by atoms with E-state index in [9.17, 15) is 4.39 Å². The number of hydrogen-bond acceptors (Lipinski definition) is 6. The molecular formula is C19H11FN8S. The minimum absolute atomic E-state index is 0.238. The van der Waals surface area contributed by atoms with Gasteiger partial charge in [-0.05, 0) is 24.3 Å². The minimum Gasteiger partial charge on any atom is -0.321 e. The molecule has 0 bridgehead atoms. The predicted molar refractivity (Wildman–Crippen MR) is 108 cm³/mol. The van der Waals surface area contributed by atoms with Crippen molar-refractivity contribution >= 4 is 33.4 Å². The lowest BCUT2D eigenvalue weighted by molar-refractivity contribution is 0.657. The van der Waals surface area contributed by atoms with E-state index in [1.807, 2.05) is 12.1 Å². The van der Waals surface area contributed by atoms with Crippen LogP contribution in [0.4, 0.5) is 4.39 Å². The first-order valence-corrected chi connectivity index (χ1v) is 9.52. The molecule has 10 heteroatoms. The highest BCUT2D eigenvalue weighted by Crippen LogP contribution is 2.34. The molecule has 0 radical (unpaired) electrons. The van der Waals surface area contributed by atoms with Crippen LogP contribution in [0.5, 0.6) is 0 Å². The molecule has 6 aromatic heterocycles. The van der Waals surface area contributed by atoms with Gasteiger partial charge in [-0.2, -0.15) is 14.6 Å². The first kappa shape index (κ1) is 16.1. The Balaban J connectivity index is 1.53. The van der Waals surface area contributed by atoms with E-state index in [0.29, 0.717) is 22.7 Å². The predicted octanol–water partition coefficient (Wildman–Crippen LogP) is 4.15. The van der Waals surface area contributed by atoms with Crippen LogP contribution in [0.25, 0.3) is 55.3 Å². The second-order valence-electron chi connectivity index (χ2n) is 6.42. The number of pyridine rings is 2. The molecule has 0 fully saturated rings. The Morgan fingerprint density at radius 2 is 2.03 bits per heavy atom. The van der Waals surface area contributed by atoms with Gasteiger partial charge in [-0.25, -0.2) is 9.97 Å². The molecule has 0 unspecified atom stereocenters. The Labute approximate surface area is 165 Å². The molecule has 0 spiro atoms. The number of hydrogen-bond donors (Lipinski definition) is 3. The summed E-state index contributed by atoms with van der Waals surface area (Å²) in [4.78, 5) is 17.6. The number of aromatic amines is 3. The van der Waals surface area contributed by atoms with Crippen LogP contribution in [-0.4, -0.2) is 40.3 Å². The van der Waals surface area contributed by atoms with Crippen molar-refractivity contribution in [1.82, 2.24) is 40.3 Å². The Bertz CT molecular complexity index is 1480. The molecule has 0 saturated heterocycles. The van der Waals surface area contributed by atoms with Gasteiger partial charge in [-0.3, -0.25) is 15.2 Å². The summed E-state index contributed by atoms with van der Waals surface area (Å²) in [6, 6.07) is 6.97. The van der Waals surface area contributed by atoms with Crippen LogP contribution >= 0.6 is 11.3 Å². The normalized spacial score (nSPS) is 11.6. The van der Waals surface area contributed by atoms with Crippen molar-refractivity contribution in [3.05, 3.63) is 54.2 Å². The molecule has 0 amide bonds. The molecule has 6 rings (SSSR count). The topological polar surface area (TPSA) is 112 Å². The summed E-state index contributed by atoms with van der Waals surface area (Å²) in [6.45, 7) is 0. The third-order valence-electron chi connectivity index (χ3n) is 4.69. The largest absolute Gasteiger partial charge is 0.321 e. The number of nitrogens with zero attached hydrogens (tertiary/aromatic N) is 5. The molecule has 0 aromatic carbocycles. The van der Waals surface area contributed by atoms with E-state index in [4.69, 9.17) is 4.98 Å². The molecule has 0 atom stereocenters. The van der Waals surface area contributed by atoms with Crippen molar-refractivity contribution in [2.24, 2.45) is 0 Å². The number of rotatable bonds is 3. The molecule has 3 N–H and O–H groups in total. The summed E-state index contributed by atoms with van der Waals surface area (Å²) in [7, 11) is 0. The van der Waals surface area contributed by atoms with E-state index in [2.05, 4.69) is 35.3 Å². The van der Waals surface area contributed by atoms with Gasteiger partial charge in [0, 0.05) is 33.8 Å². The van der Waals surface area contributed by atoms with Gasteiger partial charge in [-0.1, -0.05) is 0 Å². The number of thiophene rings is 1. The number of halogens is 1. The second kappa shape index (κ2) is 6.04. The summed E-state index contributed by atoms with van der Waals surface area (Å²) < 4.78 is 13.5. The van der Waals surface area contributed by atoms with Crippen LogP contribution in [0.1, 0.15) is 0 Å². The summed E-state index contributed by atoms with van der Waals surface area (Å²) in [5.74, 6) is 0.576. The number of aromatic nitrogens is 8. The molecule has 6 heterocycles. The summed E-state index contributed by atoms with van der Waals surface area (Å²) in [5, 5.41) is 14.8. The summed E-state index contributed by atoms with van der Waals surface area (Å²) >= 11 is 1.08. The van der Waals surface area contributed by atoms with Gasteiger partial charge in [0.15, 0.2) is 16.6 Å². The zero-order chi connectivity index (χ0) is 19.4. The lowest BCUT2D eigenvalue weighted by atomic mass is 10.1. The van der Waals surface area contributed by atoms with Crippen LogP contribution in [0.2, 0.25) is 0 Å². The van der Waals surface area contributed by atoms with Gasteiger partial charge in [0.25, 0.3) is 0 Å². The van der Waals surface area contributed by atoms with Crippen molar-refractivity contribution < 1.29 is 4.39 Å². The number of imidazole rings is 1. The summed E-state index contributed by atoms with van der Waals surface area (Å²) in [6.07, 6.45) is 6.91. The van der Waals surface area contributed by atoms with Crippen LogP contribution in [0.3, 0.4) is 0 Å². The Hall–Kier alpha value is -3.92. The Kier molecular flexibility index (Phi) is 3.35. The van der Waals surface area contributed by atoms with Gasteiger partial charge >= 0.3 is 0 Å².